The second-order valence-corrected chi connectivity index (χ2v) is 6.05. The number of hydrogen-bond acceptors (Lipinski definition) is 3. The van der Waals surface area contributed by atoms with E-state index in [1.54, 1.807) is 0 Å². The molecule has 0 spiro atoms. The molecule has 0 unspecified atom stereocenters. The molecular weight excluding hydrogens is 342 g/mol. The first-order valence-corrected chi connectivity index (χ1v) is 7.81. The fourth-order valence-electron chi connectivity index (χ4n) is 2.05. The summed E-state index contributed by atoms with van der Waals surface area (Å²) in [5.41, 5.74) is 3.21. The first kappa shape index (κ1) is 14.8. The van der Waals surface area contributed by atoms with Crippen molar-refractivity contribution >= 4 is 15.9 Å². The molecule has 0 saturated carbocycles. The second-order valence-electron chi connectivity index (χ2n) is 5.14. The molecule has 0 atom stereocenters. The molecule has 0 aliphatic carbocycles. The van der Waals surface area contributed by atoms with Crippen molar-refractivity contribution < 1.29 is 4.74 Å². The Morgan fingerprint density at radius 3 is 2.50 bits per heavy atom. The Morgan fingerprint density at radius 2 is 1.77 bits per heavy atom. The summed E-state index contributed by atoms with van der Waals surface area (Å²) in [5, 5.41) is 8.28. The van der Waals surface area contributed by atoms with E-state index in [2.05, 4.69) is 45.3 Å². The lowest BCUT2D eigenvalue weighted by Crippen LogP contribution is -2.00. The molecule has 4 nitrogen and oxygen atoms in total. The van der Waals surface area contributed by atoms with Crippen LogP contribution in [0.2, 0.25) is 0 Å². The zero-order valence-corrected chi connectivity index (χ0v) is 13.8. The normalized spacial score (nSPS) is 10.6. The van der Waals surface area contributed by atoms with Crippen molar-refractivity contribution in [2.45, 2.75) is 20.1 Å². The average Bonchev–Trinajstić information content (AvgIpc) is 2.97. The summed E-state index contributed by atoms with van der Waals surface area (Å²) in [5.74, 6) is 0.841. The smallest absolute Gasteiger partial charge is 0.134 e. The van der Waals surface area contributed by atoms with E-state index in [1.807, 2.05) is 47.3 Å². The van der Waals surface area contributed by atoms with E-state index in [-0.39, 0.29) is 0 Å². The molecule has 5 heteroatoms. The van der Waals surface area contributed by atoms with Gasteiger partial charge < -0.3 is 4.74 Å². The fraction of sp³-hybridized carbons (Fsp3) is 0.176. The Labute approximate surface area is 137 Å². The van der Waals surface area contributed by atoms with Gasteiger partial charge in [-0.2, -0.15) is 0 Å². The zero-order chi connectivity index (χ0) is 15.4. The van der Waals surface area contributed by atoms with Gasteiger partial charge in [0, 0.05) is 4.47 Å². The Kier molecular flexibility index (Phi) is 4.53. The van der Waals surface area contributed by atoms with Gasteiger partial charge in [0.2, 0.25) is 0 Å². The van der Waals surface area contributed by atoms with E-state index in [0.29, 0.717) is 13.2 Å². The molecule has 0 aliphatic rings. The van der Waals surface area contributed by atoms with Crippen molar-refractivity contribution in [1.82, 2.24) is 15.0 Å². The number of nitrogens with zero attached hydrogens (tertiary/aromatic N) is 3. The van der Waals surface area contributed by atoms with Crippen molar-refractivity contribution in [3.05, 3.63) is 76.0 Å². The Hall–Kier alpha value is -2.14. The molecule has 0 N–H and O–H groups in total. The van der Waals surface area contributed by atoms with Crippen LogP contribution in [0, 0.1) is 6.92 Å². The molecule has 0 aliphatic heterocycles. The van der Waals surface area contributed by atoms with Crippen molar-refractivity contribution in [3.63, 3.8) is 0 Å². The van der Waals surface area contributed by atoms with Gasteiger partial charge in [-0.1, -0.05) is 51.0 Å². The van der Waals surface area contributed by atoms with Crippen LogP contribution >= 0.6 is 15.9 Å². The van der Waals surface area contributed by atoms with Crippen LogP contribution in [0.15, 0.2) is 59.2 Å². The van der Waals surface area contributed by atoms with Crippen molar-refractivity contribution in [2.75, 3.05) is 0 Å². The lowest BCUT2D eigenvalue weighted by Gasteiger charge is -2.03. The molecule has 0 saturated heterocycles. The third-order valence-electron chi connectivity index (χ3n) is 3.25. The van der Waals surface area contributed by atoms with Gasteiger partial charge in [0.1, 0.15) is 18.1 Å². The summed E-state index contributed by atoms with van der Waals surface area (Å²) in [4.78, 5) is 0. The monoisotopic (exact) mass is 357 g/mol. The lowest BCUT2D eigenvalue weighted by atomic mass is 10.2. The second kappa shape index (κ2) is 6.75. The number of aromatic nitrogens is 3. The van der Waals surface area contributed by atoms with E-state index < -0.39 is 0 Å². The topological polar surface area (TPSA) is 39.9 Å². The van der Waals surface area contributed by atoms with Crippen LogP contribution in [0.5, 0.6) is 5.75 Å². The highest BCUT2D eigenvalue weighted by molar-refractivity contribution is 9.10. The van der Waals surface area contributed by atoms with Crippen LogP contribution < -0.4 is 4.74 Å². The van der Waals surface area contributed by atoms with Gasteiger partial charge in [0.15, 0.2) is 0 Å². The summed E-state index contributed by atoms with van der Waals surface area (Å²) >= 11 is 3.43. The van der Waals surface area contributed by atoms with Gasteiger partial charge in [-0.25, -0.2) is 4.68 Å². The van der Waals surface area contributed by atoms with Crippen LogP contribution in [0.3, 0.4) is 0 Å². The third kappa shape index (κ3) is 3.95. The molecule has 0 fully saturated rings. The van der Waals surface area contributed by atoms with Gasteiger partial charge in [0.05, 0.1) is 12.7 Å². The first-order chi connectivity index (χ1) is 10.7. The highest BCUT2D eigenvalue weighted by Crippen LogP contribution is 2.14. The van der Waals surface area contributed by atoms with E-state index in [4.69, 9.17) is 4.74 Å². The van der Waals surface area contributed by atoms with Crippen molar-refractivity contribution in [1.29, 1.82) is 0 Å². The number of ether oxygens (including phenoxy) is 1. The Balaban J connectivity index is 1.59. The summed E-state index contributed by atoms with van der Waals surface area (Å²) in [6.07, 6.45) is 1.91. The van der Waals surface area contributed by atoms with Gasteiger partial charge in [-0.05, 0) is 36.8 Å². The molecule has 0 radical (unpaired) electrons. The van der Waals surface area contributed by atoms with Gasteiger partial charge in [-0.15, -0.1) is 5.10 Å². The number of rotatable bonds is 5. The average molecular weight is 358 g/mol. The maximum atomic E-state index is 5.70. The fourth-order valence-corrected chi connectivity index (χ4v) is 2.31. The maximum absolute atomic E-state index is 5.70. The Morgan fingerprint density at radius 1 is 1.05 bits per heavy atom. The minimum absolute atomic E-state index is 0.420. The van der Waals surface area contributed by atoms with E-state index in [9.17, 15) is 0 Å². The summed E-state index contributed by atoms with van der Waals surface area (Å²) in [6.45, 7) is 3.17. The van der Waals surface area contributed by atoms with Gasteiger partial charge >= 0.3 is 0 Å². The molecule has 1 aromatic heterocycles. The number of halogens is 1. The van der Waals surface area contributed by atoms with E-state index >= 15 is 0 Å². The zero-order valence-electron chi connectivity index (χ0n) is 12.2. The van der Waals surface area contributed by atoms with Crippen LogP contribution in [-0.4, -0.2) is 15.0 Å². The molecule has 0 bridgehead atoms. The predicted octanol–water partition coefficient (Wildman–Crippen LogP) is 3.98. The SMILES string of the molecule is Cc1ccc(OCc2cn(Cc3ccc(Br)cc3)nn2)cc1. The molecule has 3 aromatic rings. The third-order valence-corrected chi connectivity index (χ3v) is 3.78. The molecule has 22 heavy (non-hydrogen) atoms. The highest BCUT2D eigenvalue weighted by atomic mass is 79.9. The predicted molar refractivity (Wildman–Crippen MR) is 88.8 cm³/mol. The van der Waals surface area contributed by atoms with Crippen molar-refractivity contribution in [2.24, 2.45) is 0 Å². The minimum Gasteiger partial charge on any atom is -0.487 e. The molecule has 3 rings (SSSR count). The lowest BCUT2D eigenvalue weighted by molar-refractivity contribution is 0.301. The van der Waals surface area contributed by atoms with E-state index in [1.165, 1.54) is 11.1 Å². The Bertz CT molecular complexity index is 735. The summed E-state index contributed by atoms with van der Waals surface area (Å²) in [6, 6.07) is 16.1. The van der Waals surface area contributed by atoms with Gasteiger partial charge in [-0.3, -0.25) is 0 Å². The minimum atomic E-state index is 0.420. The maximum Gasteiger partial charge on any atom is 0.134 e. The van der Waals surface area contributed by atoms with Crippen LogP contribution in [0.4, 0.5) is 0 Å². The van der Waals surface area contributed by atoms with Crippen LogP contribution in [0.25, 0.3) is 0 Å². The first-order valence-electron chi connectivity index (χ1n) is 7.02. The molecule has 1 heterocycles. The summed E-state index contributed by atoms with van der Waals surface area (Å²) in [7, 11) is 0. The number of benzene rings is 2. The standard InChI is InChI=1S/C17H16BrN3O/c1-13-2-8-17(9-3-13)22-12-16-11-21(20-19-16)10-14-4-6-15(18)7-5-14/h2-9,11H,10,12H2,1H3. The summed E-state index contributed by atoms with van der Waals surface area (Å²) < 4.78 is 8.59. The molecule has 2 aromatic carbocycles. The van der Waals surface area contributed by atoms with Crippen LogP contribution in [-0.2, 0) is 13.2 Å². The molecular formula is C17H16BrN3O. The molecule has 0 amide bonds. The van der Waals surface area contributed by atoms with Crippen LogP contribution in [0.1, 0.15) is 16.8 Å². The van der Waals surface area contributed by atoms with Crippen molar-refractivity contribution in [3.8, 4) is 5.75 Å². The molecule has 112 valence electrons. The number of hydrogen-bond donors (Lipinski definition) is 0. The largest absolute Gasteiger partial charge is 0.487 e. The highest BCUT2D eigenvalue weighted by Gasteiger charge is 2.03. The van der Waals surface area contributed by atoms with Gasteiger partial charge in [0.25, 0.3) is 0 Å². The van der Waals surface area contributed by atoms with E-state index in [0.717, 1.165) is 15.9 Å². The number of aryl methyl sites for hydroxylation is 1. The quantitative estimate of drug-likeness (QED) is 0.693.